The fourth-order valence-corrected chi connectivity index (χ4v) is 2.75. The van der Waals surface area contributed by atoms with E-state index in [1.54, 1.807) is 0 Å². The molecule has 0 spiro atoms. The first-order valence-electron chi connectivity index (χ1n) is 6.59. The van der Waals surface area contributed by atoms with Gasteiger partial charge in [-0.3, -0.25) is 0 Å². The summed E-state index contributed by atoms with van der Waals surface area (Å²) in [4.78, 5) is 6.61. The molecule has 0 saturated heterocycles. The van der Waals surface area contributed by atoms with Crippen molar-refractivity contribution in [1.82, 2.24) is 4.98 Å². The number of rotatable bonds is 3. The molecule has 0 atom stereocenters. The van der Waals surface area contributed by atoms with Gasteiger partial charge in [-0.2, -0.15) is 4.98 Å². The summed E-state index contributed by atoms with van der Waals surface area (Å²) in [5, 5.41) is 0. The van der Waals surface area contributed by atoms with E-state index < -0.39 is 0 Å². The largest absolute Gasteiger partial charge is 0.423 e. The molecule has 0 amide bonds. The van der Waals surface area contributed by atoms with E-state index in [0.29, 0.717) is 6.01 Å². The van der Waals surface area contributed by atoms with Crippen molar-refractivity contribution >= 4 is 22.8 Å². The quantitative estimate of drug-likeness (QED) is 0.844. The summed E-state index contributed by atoms with van der Waals surface area (Å²) in [6, 6.07) is 6.27. The van der Waals surface area contributed by atoms with Crippen LogP contribution in [0.1, 0.15) is 25.7 Å². The summed E-state index contributed by atoms with van der Waals surface area (Å²) in [5.74, 6) is 0.787. The van der Waals surface area contributed by atoms with Gasteiger partial charge in [-0.1, -0.05) is 12.8 Å². The molecule has 1 aromatic heterocycles. The zero-order valence-electron chi connectivity index (χ0n) is 10.7. The summed E-state index contributed by atoms with van der Waals surface area (Å²) in [7, 11) is 2.05. The molecule has 1 aliphatic carbocycles. The Kier molecular flexibility index (Phi) is 2.86. The van der Waals surface area contributed by atoms with E-state index in [9.17, 15) is 0 Å². The fourth-order valence-electron chi connectivity index (χ4n) is 2.75. The Morgan fingerprint density at radius 3 is 2.94 bits per heavy atom. The van der Waals surface area contributed by atoms with Gasteiger partial charge in [0, 0.05) is 19.3 Å². The second-order valence-electron chi connectivity index (χ2n) is 5.25. The summed E-state index contributed by atoms with van der Waals surface area (Å²) < 4.78 is 5.75. The number of anilines is 2. The van der Waals surface area contributed by atoms with E-state index in [1.807, 2.05) is 25.2 Å². The maximum atomic E-state index is 5.75. The van der Waals surface area contributed by atoms with Crippen molar-refractivity contribution in [2.75, 3.05) is 24.2 Å². The third-order valence-electron chi connectivity index (χ3n) is 3.73. The van der Waals surface area contributed by atoms with Gasteiger partial charge in [0.05, 0.1) is 0 Å². The number of benzene rings is 1. The first kappa shape index (κ1) is 11.4. The van der Waals surface area contributed by atoms with Crippen LogP contribution in [0.2, 0.25) is 0 Å². The molecule has 4 heteroatoms. The number of oxazole rings is 1. The van der Waals surface area contributed by atoms with Crippen LogP contribution in [0, 0.1) is 5.92 Å². The van der Waals surface area contributed by atoms with Gasteiger partial charge in [0.25, 0.3) is 6.01 Å². The van der Waals surface area contributed by atoms with E-state index in [1.165, 1.54) is 25.7 Å². The predicted octanol–water partition coefficient (Wildman–Crippen LogP) is 3.04. The van der Waals surface area contributed by atoms with Gasteiger partial charge in [0.1, 0.15) is 5.52 Å². The number of aromatic nitrogens is 1. The van der Waals surface area contributed by atoms with Crippen molar-refractivity contribution in [2.24, 2.45) is 5.92 Å². The predicted molar refractivity (Wildman–Crippen MR) is 73.6 cm³/mol. The molecule has 0 aliphatic heterocycles. The third kappa shape index (κ3) is 2.15. The highest BCUT2D eigenvalue weighted by molar-refractivity contribution is 5.78. The van der Waals surface area contributed by atoms with Crippen LogP contribution in [0.3, 0.4) is 0 Å². The number of fused-ring (bicyclic) bond motifs is 1. The van der Waals surface area contributed by atoms with Crippen LogP contribution in [-0.4, -0.2) is 18.6 Å². The lowest BCUT2D eigenvalue weighted by molar-refractivity contribution is 0.509. The molecule has 1 heterocycles. The van der Waals surface area contributed by atoms with Gasteiger partial charge in [-0.25, -0.2) is 0 Å². The number of nitrogen functional groups attached to an aromatic ring is 1. The van der Waals surface area contributed by atoms with Gasteiger partial charge in [-0.05, 0) is 37.0 Å². The number of hydrogen-bond donors (Lipinski definition) is 1. The molecule has 2 aromatic rings. The Morgan fingerprint density at radius 2 is 2.17 bits per heavy atom. The van der Waals surface area contributed by atoms with Crippen molar-refractivity contribution in [2.45, 2.75) is 25.7 Å². The molecule has 1 fully saturated rings. The highest BCUT2D eigenvalue weighted by Gasteiger charge is 2.19. The Morgan fingerprint density at radius 1 is 1.39 bits per heavy atom. The smallest absolute Gasteiger partial charge is 0.298 e. The van der Waals surface area contributed by atoms with Crippen molar-refractivity contribution in [1.29, 1.82) is 0 Å². The molecule has 2 N–H and O–H groups in total. The van der Waals surface area contributed by atoms with Crippen molar-refractivity contribution in [3.63, 3.8) is 0 Å². The molecule has 4 nitrogen and oxygen atoms in total. The minimum Gasteiger partial charge on any atom is -0.423 e. The zero-order chi connectivity index (χ0) is 12.5. The normalized spacial score (nSPS) is 16.5. The molecular formula is C14H19N3O. The van der Waals surface area contributed by atoms with Crippen molar-refractivity contribution in [3.05, 3.63) is 18.2 Å². The molecular weight excluding hydrogens is 226 g/mol. The Hall–Kier alpha value is -1.71. The molecule has 96 valence electrons. The average Bonchev–Trinajstić information content (AvgIpc) is 2.96. The number of nitrogens with zero attached hydrogens (tertiary/aromatic N) is 2. The molecule has 1 aromatic carbocycles. The lowest BCUT2D eigenvalue weighted by atomic mass is 10.1. The molecule has 3 rings (SSSR count). The third-order valence-corrected chi connectivity index (χ3v) is 3.73. The van der Waals surface area contributed by atoms with Crippen LogP contribution in [0.25, 0.3) is 11.1 Å². The van der Waals surface area contributed by atoms with Crippen LogP contribution in [-0.2, 0) is 0 Å². The maximum Gasteiger partial charge on any atom is 0.298 e. The molecule has 0 bridgehead atoms. The number of hydrogen-bond acceptors (Lipinski definition) is 4. The summed E-state index contributed by atoms with van der Waals surface area (Å²) in [6.45, 7) is 1.03. The Labute approximate surface area is 107 Å². The number of nitrogens with two attached hydrogens (primary N) is 1. The second kappa shape index (κ2) is 4.52. The van der Waals surface area contributed by atoms with Gasteiger partial charge in [0.15, 0.2) is 5.58 Å². The van der Waals surface area contributed by atoms with Gasteiger partial charge in [-0.15, -0.1) is 0 Å². The van der Waals surface area contributed by atoms with Crippen LogP contribution in [0.15, 0.2) is 22.6 Å². The Bertz CT molecular complexity index is 543. The highest BCUT2D eigenvalue weighted by Crippen LogP contribution is 2.28. The average molecular weight is 245 g/mol. The summed E-state index contributed by atoms with van der Waals surface area (Å²) in [5.41, 5.74) is 8.11. The molecule has 0 radical (unpaired) electrons. The summed E-state index contributed by atoms with van der Waals surface area (Å²) in [6.07, 6.45) is 5.39. The SMILES string of the molecule is CN(CC1CCCC1)c1nc2cc(N)ccc2o1. The van der Waals surface area contributed by atoms with E-state index in [0.717, 1.165) is 29.2 Å². The van der Waals surface area contributed by atoms with E-state index in [-0.39, 0.29) is 0 Å². The molecule has 0 unspecified atom stereocenters. The van der Waals surface area contributed by atoms with Crippen molar-refractivity contribution < 1.29 is 4.42 Å². The van der Waals surface area contributed by atoms with Crippen LogP contribution < -0.4 is 10.6 Å². The van der Waals surface area contributed by atoms with Crippen molar-refractivity contribution in [3.8, 4) is 0 Å². The van der Waals surface area contributed by atoms with Gasteiger partial charge < -0.3 is 15.1 Å². The standard InChI is InChI=1S/C14H19N3O/c1-17(9-10-4-2-3-5-10)14-16-12-8-11(15)6-7-13(12)18-14/h6-8,10H,2-5,9,15H2,1H3. The second-order valence-corrected chi connectivity index (χ2v) is 5.25. The lowest BCUT2D eigenvalue weighted by Gasteiger charge is -2.18. The van der Waals surface area contributed by atoms with Gasteiger partial charge >= 0.3 is 0 Å². The Balaban J connectivity index is 1.80. The molecule has 1 aliphatic rings. The minimum atomic E-state index is 0.697. The van der Waals surface area contributed by atoms with Crippen LogP contribution >= 0.6 is 0 Å². The van der Waals surface area contributed by atoms with E-state index >= 15 is 0 Å². The van der Waals surface area contributed by atoms with Gasteiger partial charge in [0.2, 0.25) is 0 Å². The maximum absolute atomic E-state index is 5.75. The van der Waals surface area contributed by atoms with Crippen LogP contribution in [0.4, 0.5) is 11.7 Å². The zero-order valence-corrected chi connectivity index (χ0v) is 10.7. The molecule has 1 saturated carbocycles. The van der Waals surface area contributed by atoms with E-state index in [2.05, 4.69) is 9.88 Å². The lowest BCUT2D eigenvalue weighted by Crippen LogP contribution is -2.24. The van der Waals surface area contributed by atoms with E-state index in [4.69, 9.17) is 10.2 Å². The first-order chi connectivity index (χ1) is 8.72. The highest BCUT2D eigenvalue weighted by atomic mass is 16.4. The monoisotopic (exact) mass is 245 g/mol. The first-order valence-corrected chi connectivity index (χ1v) is 6.59. The molecule has 18 heavy (non-hydrogen) atoms. The fraction of sp³-hybridized carbons (Fsp3) is 0.500. The minimum absolute atomic E-state index is 0.697. The summed E-state index contributed by atoms with van der Waals surface area (Å²) >= 11 is 0. The van der Waals surface area contributed by atoms with Crippen LogP contribution in [0.5, 0.6) is 0 Å². The topological polar surface area (TPSA) is 55.3 Å².